The van der Waals surface area contributed by atoms with Gasteiger partial charge in [0.15, 0.2) is 0 Å². The highest BCUT2D eigenvalue weighted by atomic mass is 32.1. The largest absolute Gasteiger partial charge is 0.338 e. The van der Waals surface area contributed by atoms with Crippen molar-refractivity contribution in [2.45, 2.75) is 46.6 Å². The molecule has 1 atom stereocenters. The van der Waals surface area contributed by atoms with E-state index in [9.17, 15) is 4.79 Å². The van der Waals surface area contributed by atoms with E-state index in [1.807, 2.05) is 25.1 Å². The lowest BCUT2D eigenvalue weighted by atomic mass is 10.0. The molecule has 4 nitrogen and oxygen atoms in total. The van der Waals surface area contributed by atoms with Crippen LogP contribution in [0.3, 0.4) is 0 Å². The lowest BCUT2D eigenvalue weighted by molar-refractivity contribution is 0.238. The third-order valence-electron chi connectivity index (χ3n) is 3.90. The highest BCUT2D eigenvalue weighted by Crippen LogP contribution is 2.18. The van der Waals surface area contributed by atoms with Crippen LogP contribution in [0.15, 0.2) is 24.3 Å². The van der Waals surface area contributed by atoms with E-state index in [2.05, 4.69) is 42.5 Å². The van der Waals surface area contributed by atoms with Crippen molar-refractivity contribution in [1.82, 2.24) is 15.6 Å². The summed E-state index contributed by atoms with van der Waals surface area (Å²) in [5.41, 5.74) is 3.50. The molecular weight excluding hydrogens is 306 g/mol. The normalized spacial score (nSPS) is 12.0. The molecule has 0 saturated heterocycles. The number of amides is 2. The Morgan fingerprint density at radius 1 is 1.30 bits per heavy atom. The average Bonchev–Trinajstić information content (AvgIpc) is 2.87. The fourth-order valence-corrected chi connectivity index (χ4v) is 3.62. The van der Waals surface area contributed by atoms with E-state index < -0.39 is 0 Å². The second-order valence-corrected chi connectivity index (χ2v) is 6.98. The second kappa shape index (κ2) is 8.11. The summed E-state index contributed by atoms with van der Waals surface area (Å²) in [4.78, 5) is 17.9. The van der Waals surface area contributed by atoms with Gasteiger partial charge in [0.2, 0.25) is 0 Å². The highest BCUT2D eigenvalue weighted by Gasteiger charge is 2.11. The summed E-state index contributed by atoms with van der Waals surface area (Å²) in [6, 6.07) is 7.96. The van der Waals surface area contributed by atoms with Crippen molar-refractivity contribution in [3.63, 3.8) is 0 Å². The molecule has 1 heterocycles. The van der Waals surface area contributed by atoms with Crippen LogP contribution < -0.4 is 10.6 Å². The number of rotatable bonds is 6. The van der Waals surface area contributed by atoms with E-state index >= 15 is 0 Å². The Morgan fingerprint density at radius 3 is 2.70 bits per heavy atom. The zero-order chi connectivity index (χ0) is 16.8. The van der Waals surface area contributed by atoms with E-state index in [1.54, 1.807) is 11.3 Å². The smallest absolute Gasteiger partial charge is 0.315 e. The zero-order valence-corrected chi connectivity index (χ0v) is 15.1. The Balaban J connectivity index is 1.80. The second-order valence-electron chi connectivity index (χ2n) is 5.69. The number of thiazole rings is 1. The molecule has 1 unspecified atom stereocenters. The summed E-state index contributed by atoms with van der Waals surface area (Å²) in [5, 5.41) is 6.99. The lowest BCUT2D eigenvalue weighted by Crippen LogP contribution is -2.38. The van der Waals surface area contributed by atoms with Crippen LogP contribution in [0.4, 0.5) is 4.79 Å². The van der Waals surface area contributed by atoms with Gasteiger partial charge in [-0.3, -0.25) is 0 Å². The SMILES string of the molecule is CCc1nc(CCNC(=O)NC(C)c2ccccc2C)sc1C. The van der Waals surface area contributed by atoms with Crippen molar-refractivity contribution < 1.29 is 4.79 Å². The van der Waals surface area contributed by atoms with Crippen LogP contribution >= 0.6 is 11.3 Å². The summed E-state index contributed by atoms with van der Waals surface area (Å²) in [6.45, 7) is 8.87. The van der Waals surface area contributed by atoms with Crippen LogP contribution in [-0.4, -0.2) is 17.6 Å². The van der Waals surface area contributed by atoms with Gasteiger partial charge < -0.3 is 10.6 Å². The Kier molecular flexibility index (Phi) is 6.16. The van der Waals surface area contributed by atoms with Gasteiger partial charge in [-0.2, -0.15) is 0 Å². The first-order valence-corrected chi connectivity index (χ1v) is 8.88. The van der Waals surface area contributed by atoms with Gasteiger partial charge in [0.05, 0.1) is 16.7 Å². The summed E-state index contributed by atoms with van der Waals surface area (Å²) in [7, 11) is 0. The number of hydrogen-bond donors (Lipinski definition) is 2. The summed E-state index contributed by atoms with van der Waals surface area (Å²) >= 11 is 1.72. The van der Waals surface area contributed by atoms with Crippen molar-refractivity contribution in [3.8, 4) is 0 Å². The summed E-state index contributed by atoms with van der Waals surface area (Å²) < 4.78 is 0. The van der Waals surface area contributed by atoms with E-state index in [4.69, 9.17) is 0 Å². The first-order chi connectivity index (χ1) is 11.0. The molecule has 5 heteroatoms. The van der Waals surface area contributed by atoms with E-state index in [0.29, 0.717) is 6.54 Å². The van der Waals surface area contributed by atoms with Gasteiger partial charge in [-0.25, -0.2) is 9.78 Å². The minimum Gasteiger partial charge on any atom is -0.338 e. The summed E-state index contributed by atoms with van der Waals surface area (Å²) in [5.74, 6) is 0. The predicted octanol–water partition coefficient (Wildman–Crippen LogP) is 3.93. The number of hydrogen-bond acceptors (Lipinski definition) is 3. The molecule has 1 aromatic heterocycles. The average molecular weight is 331 g/mol. The first-order valence-electron chi connectivity index (χ1n) is 8.06. The monoisotopic (exact) mass is 331 g/mol. The Hall–Kier alpha value is -1.88. The molecule has 0 radical (unpaired) electrons. The van der Waals surface area contributed by atoms with Crippen LogP contribution in [-0.2, 0) is 12.8 Å². The van der Waals surface area contributed by atoms with E-state index in [0.717, 1.165) is 23.4 Å². The fraction of sp³-hybridized carbons (Fsp3) is 0.444. The maximum atomic E-state index is 12.0. The van der Waals surface area contributed by atoms with Crippen molar-refractivity contribution >= 4 is 17.4 Å². The maximum Gasteiger partial charge on any atom is 0.315 e. The number of aryl methyl sites for hydroxylation is 3. The number of aromatic nitrogens is 1. The lowest BCUT2D eigenvalue weighted by Gasteiger charge is -2.16. The standard InChI is InChI=1S/C18H25N3OS/c1-5-16-14(4)23-17(21-16)10-11-19-18(22)20-13(3)15-9-7-6-8-12(15)2/h6-9,13H,5,10-11H2,1-4H3,(H2,19,20,22). The van der Waals surface area contributed by atoms with Gasteiger partial charge in [0, 0.05) is 17.8 Å². The van der Waals surface area contributed by atoms with Crippen molar-refractivity contribution in [2.75, 3.05) is 6.54 Å². The number of carbonyl (C=O) groups excluding carboxylic acids is 1. The molecule has 0 spiro atoms. The minimum atomic E-state index is -0.134. The van der Waals surface area contributed by atoms with Crippen molar-refractivity contribution in [3.05, 3.63) is 51.0 Å². The van der Waals surface area contributed by atoms with Crippen LogP contribution in [0, 0.1) is 13.8 Å². The van der Waals surface area contributed by atoms with E-state index in [1.165, 1.54) is 16.1 Å². The van der Waals surface area contributed by atoms with E-state index in [-0.39, 0.29) is 12.1 Å². The van der Waals surface area contributed by atoms with Crippen molar-refractivity contribution in [2.24, 2.45) is 0 Å². The topological polar surface area (TPSA) is 54.0 Å². The van der Waals surface area contributed by atoms with Gasteiger partial charge in [-0.1, -0.05) is 31.2 Å². The first kappa shape index (κ1) is 17.5. The van der Waals surface area contributed by atoms with Crippen LogP contribution in [0.2, 0.25) is 0 Å². The number of nitrogens with zero attached hydrogens (tertiary/aromatic N) is 1. The molecule has 1 aromatic carbocycles. The van der Waals surface area contributed by atoms with Gasteiger partial charge in [0.1, 0.15) is 0 Å². The molecule has 23 heavy (non-hydrogen) atoms. The van der Waals surface area contributed by atoms with Crippen molar-refractivity contribution in [1.29, 1.82) is 0 Å². The number of nitrogens with one attached hydrogen (secondary N) is 2. The van der Waals surface area contributed by atoms with Crippen LogP contribution in [0.5, 0.6) is 0 Å². The third kappa shape index (κ3) is 4.79. The molecule has 2 N–H and O–H groups in total. The Morgan fingerprint density at radius 2 is 2.04 bits per heavy atom. The van der Waals surface area contributed by atoms with Gasteiger partial charge in [-0.05, 0) is 38.3 Å². The van der Waals surface area contributed by atoms with Crippen LogP contribution in [0.25, 0.3) is 0 Å². The maximum absolute atomic E-state index is 12.0. The molecule has 0 fully saturated rings. The molecule has 2 amide bonds. The molecule has 0 bridgehead atoms. The predicted molar refractivity (Wildman–Crippen MR) is 96.1 cm³/mol. The highest BCUT2D eigenvalue weighted by molar-refractivity contribution is 7.11. The Labute approximate surface area is 142 Å². The number of carbonyl (C=O) groups is 1. The molecule has 2 rings (SSSR count). The summed E-state index contributed by atoms with van der Waals surface area (Å²) in [6.07, 6.45) is 1.74. The molecule has 0 saturated carbocycles. The molecule has 0 aliphatic heterocycles. The van der Waals surface area contributed by atoms with Gasteiger partial charge >= 0.3 is 6.03 Å². The molecular formula is C18H25N3OS. The quantitative estimate of drug-likeness (QED) is 0.843. The zero-order valence-electron chi connectivity index (χ0n) is 14.3. The van der Waals surface area contributed by atoms with Gasteiger partial charge in [0.25, 0.3) is 0 Å². The number of urea groups is 1. The Bertz CT molecular complexity index is 666. The third-order valence-corrected chi connectivity index (χ3v) is 4.97. The fourth-order valence-electron chi connectivity index (χ4n) is 2.60. The van der Waals surface area contributed by atoms with Crippen LogP contribution in [0.1, 0.15) is 46.6 Å². The number of benzene rings is 1. The molecule has 0 aliphatic rings. The molecule has 2 aromatic rings. The molecule has 124 valence electrons. The van der Waals surface area contributed by atoms with Gasteiger partial charge in [-0.15, -0.1) is 11.3 Å². The minimum absolute atomic E-state index is 0.00926. The molecule has 0 aliphatic carbocycles.